The van der Waals surface area contributed by atoms with Gasteiger partial charge in [0.1, 0.15) is 0 Å². The summed E-state index contributed by atoms with van der Waals surface area (Å²) in [5.74, 6) is 0.960. The smallest absolute Gasteiger partial charge is 0.170 e. The van der Waals surface area contributed by atoms with Gasteiger partial charge in [-0.3, -0.25) is 0 Å². The fourth-order valence-corrected chi connectivity index (χ4v) is 2.87. The normalized spacial score (nSPS) is 18.7. The zero-order chi connectivity index (χ0) is 13.7. The van der Waals surface area contributed by atoms with Gasteiger partial charge in [-0.2, -0.15) is 0 Å². The van der Waals surface area contributed by atoms with Crippen LogP contribution >= 0.6 is 0 Å². The topological polar surface area (TPSA) is 70.6 Å². The summed E-state index contributed by atoms with van der Waals surface area (Å²) in [6, 6.07) is 8.29. The second-order valence-corrected chi connectivity index (χ2v) is 5.36. The lowest BCUT2D eigenvalue weighted by atomic mass is 9.99. The molecule has 1 aliphatic carbocycles. The maximum absolute atomic E-state index is 8.81. The van der Waals surface area contributed by atoms with Crippen LogP contribution in [0.15, 0.2) is 29.4 Å². The molecule has 0 aliphatic heterocycles. The van der Waals surface area contributed by atoms with E-state index >= 15 is 0 Å². The molecule has 0 amide bonds. The second kappa shape index (κ2) is 6.57. The molecule has 0 saturated heterocycles. The van der Waals surface area contributed by atoms with Crippen molar-refractivity contribution >= 4 is 5.84 Å². The molecule has 0 unspecified atom stereocenters. The summed E-state index contributed by atoms with van der Waals surface area (Å²) in [4.78, 5) is 0. The summed E-state index contributed by atoms with van der Waals surface area (Å²) in [5, 5.41) is 15.5. The van der Waals surface area contributed by atoms with Crippen LogP contribution in [0, 0.1) is 5.92 Å². The molecule has 4 N–H and O–H groups in total. The highest BCUT2D eigenvalue weighted by Crippen LogP contribution is 2.27. The predicted molar refractivity (Wildman–Crippen MR) is 77.2 cm³/mol. The van der Waals surface area contributed by atoms with E-state index in [1.807, 2.05) is 24.3 Å². The monoisotopic (exact) mass is 261 g/mol. The Kier molecular flexibility index (Phi) is 4.80. The van der Waals surface area contributed by atoms with E-state index in [9.17, 15) is 0 Å². The lowest BCUT2D eigenvalue weighted by molar-refractivity contribution is 0.318. The molecule has 1 saturated carbocycles. The number of amidine groups is 1. The summed E-state index contributed by atoms with van der Waals surface area (Å²) >= 11 is 0. The molecule has 0 spiro atoms. The number of rotatable bonds is 5. The first-order valence-corrected chi connectivity index (χ1v) is 7.01. The van der Waals surface area contributed by atoms with Gasteiger partial charge in [-0.15, -0.1) is 0 Å². The maximum atomic E-state index is 8.81. The molecule has 4 nitrogen and oxygen atoms in total. The largest absolute Gasteiger partial charge is 0.409 e. The number of oxime groups is 1. The van der Waals surface area contributed by atoms with Gasteiger partial charge in [-0.25, -0.2) is 0 Å². The minimum Gasteiger partial charge on any atom is -0.409 e. The average molecular weight is 261 g/mol. The van der Waals surface area contributed by atoms with E-state index in [0.29, 0.717) is 6.04 Å². The van der Waals surface area contributed by atoms with E-state index < -0.39 is 0 Å². The molecule has 0 bridgehead atoms. The van der Waals surface area contributed by atoms with Crippen LogP contribution in [-0.4, -0.2) is 17.1 Å². The molecule has 1 atom stereocenters. The van der Waals surface area contributed by atoms with Crippen molar-refractivity contribution in [3.8, 4) is 0 Å². The van der Waals surface area contributed by atoms with Crippen molar-refractivity contribution in [2.24, 2.45) is 16.8 Å². The standard InChI is InChI=1S/C15H23N3O/c1-11(12-6-2-3-7-12)17-10-13-8-4-5-9-14(13)15(16)18-19/h4-5,8-9,11-12,17,19H,2-3,6-7,10H2,1H3,(H2,16,18)/t11-/m1/s1. The molecule has 4 heteroatoms. The summed E-state index contributed by atoms with van der Waals surface area (Å²) in [5.41, 5.74) is 7.57. The van der Waals surface area contributed by atoms with Gasteiger partial charge in [-0.1, -0.05) is 42.3 Å². The van der Waals surface area contributed by atoms with Gasteiger partial charge in [0.05, 0.1) is 0 Å². The van der Waals surface area contributed by atoms with Crippen molar-refractivity contribution in [3.05, 3.63) is 35.4 Å². The Morgan fingerprint density at radius 3 is 2.79 bits per heavy atom. The summed E-state index contributed by atoms with van der Waals surface area (Å²) < 4.78 is 0. The van der Waals surface area contributed by atoms with Crippen LogP contribution in [0.5, 0.6) is 0 Å². The highest BCUT2D eigenvalue weighted by molar-refractivity contribution is 5.98. The van der Waals surface area contributed by atoms with Crippen LogP contribution in [0.1, 0.15) is 43.7 Å². The number of nitrogens with zero attached hydrogens (tertiary/aromatic N) is 1. The zero-order valence-electron chi connectivity index (χ0n) is 11.5. The van der Waals surface area contributed by atoms with Crippen molar-refractivity contribution in [3.63, 3.8) is 0 Å². The highest BCUT2D eigenvalue weighted by atomic mass is 16.4. The van der Waals surface area contributed by atoms with E-state index in [0.717, 1.165) is 23.6 Å². The summed E-state index contributed by atoms with van der Waals surface area (Å²) in [6.45, 7) is 3.01. The molecule has 1 fully saturated rings. The molecule has 1 aliphatic rings. The molecular formula is C15H23N3O. The van der Waals surface area contributed by atoms with E-state index in [1.54, 1.807) is 0 Å². The molecule has 0 aromatic heterocycles. The number of nitrogens with two attached hydrogens (primary N) is 1. The molecule has 1 aromatic carbocycles. The van der Waals surface area contributed by atoms with Crippen LogP contribution in [0.4, 0.5) is 0 Å². The van der Waals surface area contributed by atoms with Gasteiger partial charge in [0.25, 0.3) is 0 Å². The van der Waals surface area contributed by atoms with E-state index in [4.69, 9.17) is 10.9 Å². The number of hydrogen-bond donors (Lipinski definition) is 3. The third-order valence-electron chi connectivity index (χ3n) is 4.12. The third kappa shape index (κ3) is 3.47. The average Bonchev–Trinajstić information content (AvgIpc) is 2.98. The van der Waals surface area contributed by atoms with Crippen molar-refractivity contribution in [1.29, 1.82) is 0 Å². The van der Waals surface area contributed by atoms with Gasteiger partial charge in [0, 0.05) is 18.2 Å². The Bertz CT molecular complexity index is 439. The van der Waals surface area contributed by atoms with Gasteiger partial charge >= 0.3 is 0 Å². The fourth-order valence-electron chi connectivity index (χ4n) is 2.87. The Labute approximate surface area is 114 Å². The Balaban J connectivity index is 1.99. The van der Waals surface area contributed by atoms with Gasteiger partial charge in [-0.05, 0) is 31.2 Å². The number of hydrogen-bond acceptors (Lipinski definition) is 3. The third-order valence-corrected chi connectivity index (χ3v) is 4.12. The second-order valence-electron chi connectivity index (χ2n) is 5.36. The van der Waals surface area contributed by atoms with E-state index in [1.165, 1.54) is 25.7 Å². The quantitative estimate of drug-likeness (QED) is 0.330. The summed E-state index contributed by atoms with van der Waals surface area (Å²) in [6.07, 6.45) is 5.38. The van der Waals surface area contributed by atoms with Gasteiger partial charge in [0.2, 0.25) is 0 Å². The molecule has 19 heavy (non-hydrogen) atoms. The van der Waals surface area contributed by atoms with Crippen LogP contribution < -0.4 is 11.1 Å². The van der Waals surface area contributed by atoms with Crippen LogP contribution in [-0.2, 0) is 6.54 Å². The first kappa shape index (κ1) is 13.9. The highest BCUT2D eigenvalue weighted by Gasteiger charge is 2.21. The maximum Gasteiger partial charge on any atom is 0.170 e. The lowest BCUT2D eigenvalue weighted by Gasteiger charge is -2.21. The van der Waals surface area contributed by atoms with Crippen molar-refractivity contribution in [1.82, 2.24) is 5.32 Å². The number of benzene rings is 1. The fraction of sp³-hybridized carbons (Fsp3) is 0.533. The Morgan fingerprint density at radius 2 is 2.11 bits per heavy atom. The lowest BCUT2D eigenvalue weighted by Crippen LogP contribution is -2.32. The van der Waals surface area contributed by atoms with Gasteiger partial charge in [0.15, 0.2) is 5.84 Å². The molecule has 1 aromatic rings. The zero-order valence-corrected chi connectivity index (χ0v) is 11.5. The predicted octanol–water partition coefficient (Wildman–Crippen LogP) is 2.45. The van der Waals surface area contributed by atoms with E-state index in [-0.39, 0.29) is 5.84 Å². The minimum atomic E-state index is 0.172. The summed E-state index contributed by atoms with van der Waals surface area (Å²) in [7, 11) is 0. The molecule has 2 rings (SSSR count). The van der Waals surface area contributed by atoms with Crippen LogP contribution in [0.3, 0.4) is 0 Å². The van der Waals surface area contributed by atoms with E-state index in [2.05, 4.69) is 17.4 Å². The SMILES string of the molecule is C[C@@H](NCc1ccccc1/C(N)=N/O)C1CCCC1. The minimum absolute atomic E-state index is 0.172. The molecule has 0 radical (unpaired) electrons. The Hall–Kier alpha value is -1.55. The molecular weight excluding hydrogens is 238 g/mol. The first-order chi connectivity index (χ1) is 9.22. The first-order valence-electron chi connectivity index (χ1n) is 7.01. The van der Waals surface area contributed by atoms with Crippen molar-refractivity contribution in [2.45, 2.75) is 45.2 Å². The molecule has 104 valence electrons. The number of nitrogens with one attached hydrogen (secondary N) is 1. The van der Waals surface area contributed by atoms with Crippen LogP contribution in [0.25, 0.3) is 0 Å². The van der Waals surface area contributed by atoms with Crippen molar-refractivity contribution < 1.29 is 5.21 Å². The Morgan fingerprint density at radius 1 is 1.42 bits per heavy atom. The van der Waals surface area contributed by atoms with Crippen molar-refractivity contribution in [2.75, 3.05) is 0 Å². The molecule has 0 heterocycles. The van der Waals surface area contributed by atoms with Crippen LogP contribution in [0.2, 0.25) is 0 Å². The van der Waals surface area contributed by atoms with Gasteiger partial charge < -0.3 is 16.3 Å².